The maximum absolute atomic E-state index is 12.9. The van der Waals surface area contributed by atoms with Crippen LogP contribution in [0, 0.1) is 5.92 Å². The molecule has 2 heterocycles. The van der Waals surface area contributed by atoms with Gasteiger partial charge in [-0.15, -0.1) is 0 Å². The summed E-state index contributed by atoms with van der Waals surface area (Å²) in [4.78, 5) is 21.5. The van der Waals surface area contributed by atoms with Crippen molar-refractivity contribution in [3.8, 4) is 11.4 Å². The highest BCUT2D eigenvalue weighted by Crippen LogP contribution is 2.42. The van der Waals surface area contributed by atoms with Gasteiger partial charge < -0.3 is 14.6 Å². The summed E-state index contributed by atoms with van der Waals surface area (Å²) in [5.41, 5.74) is 1.27. The predicted molar refractivity (Wildman–Crippen MR) is 87.6 cm³/mol. The Balaban J connectivity index is 1.53. The number of hydrogen-bond acceptors (Lipinski definition) is 4. The molecular weight excluding hydrogens is 330 g/mol. The Morgan fingerprint density at radius 2 is 2.16 bits per heavy atom. The summed E-state index contributed by atoms with van der Waals surface area (Å²) in [7, 11) is 1.92. The quantitative estimate of drug-likeness (QED) is 0.831. The predicted octanol–water partition coefficient (Wildman–Crippen LogP) is 2.62. The number of nitrogens with zero attached hydrogens (tertiary/aromatic N) is 4. The minimum absolute atomic E-state index is 0.0157. The maximum Gasteiger partial charge on any atom is 0.335 e. The summed E-state index contributed by atoms with van der Waals surface area (Å²) in [6, 6.07) is 2.92. The lowest BCUT2D eigenvalue weighted by Crippen LogP contribution is -2.42. The molecule has 0 radical (unpaired) electrons. The van der Waals surface area contributed by atoms with Gasteiger partial charge in [0.2, 0.25) is 5.92 Å². The van der Waals surface area contributed by atoms with E-state index in [4.69, 9.17) is 5.11 Å². The second-order valence-electron chi connectivity index (χ2n) is 6.62. The van der Waals surface area contributed by atoms with Crippen LogP contribution in [-0.4, -0.2) is 56.6 Å². The summed E-state index contributed by atoms with van der Waals surface area (Å²) in [6.45, 7) is 2.06. The Bertz CT molecular complexity index is 755. The molecule has 134 valence electrons. The number of pyridine rings is 1. The average molecular weight is 350 g/mol. The van der Waals surface area contributed by atoms with Crippen LogP contribution in [0.25, 0.3) is 11.4 Å². The van der Waals surface area contributed by atoms with Crippen LogP contribution >= 0.6 is 0 Å². The van der Waals surface area contributed by atoms with Crippen LogP contribution < -0.4 is 0 Å². The number of carboxylic acids is 1. The van der Waals surface area contributed by atoms with Crippen LogP contribution in [0.15, 0.2) is 30.9 Å². The molecule has 0 amide bonds. The fourth-order valence-corrected chi connectivity index (χ4v) is 3.05. The Hall–Kier alpha value is -2.35. The number of alkyl halides is 2. The minimum atomic E-state index is -2.47. The highest BCUT2D eigenvalue weighted by molar-refractivity contribution is 5.88. The molecule has 0 spiro atoms. The molecule has 1 fully saturated rings. The van der Waals surface area contributed by atoms with Gasteiger partial charge in [0, 0.05) is 44.9 Å². The molecule has 0 unspecified atom stereocenters. The van der Waals surface area contributed by atoms with Gasteiger partial charge >= 0.3 is 5.97 Å². The van der Waals surface area contributed by atoms with Crippen molar-refractivity contribution in [1.29, 1.82) is 0 Å². The van der Waals surface area contributed by atoms with Crippen LogP contribution in [0.4, 0.5) is 8.78 Å². The van der Waals surface area contributed by atoms with Crippen molar-refractivity contribution in [3.05, 3.63) is 36.4 Å². The van der Waals surface area contributed by atoms with Crippen molar-refractivity contribution in [2.45, 2.75) is 25.3 Å². The molecule has 1 aliphatic carbocycles. The van der Waals surface area contributed by atoms with Gasteiger partial charge in [-0.3, -0.25) is 4.98 Å². The summed E-state index contributed by atoms with van der Waals surface area (Å²) in [5.74, 6) is -3.41. The molecule has 0 atom stereocenters. The first-order valence-corrected chi connectivity index (χ1v) is 8.10. The van der Waals surface area contributed by atoms with Gasteiger partial charge in [-0.25, -0.2) is 18.6 Å². The molecule has 25 heavy (non-hydrogen) atoms. The zero-order valence-electron chi connectivity index (χ0n) is 13.9. The zero-order valence-corrected chi connectivity index (χ0v) is 13.9. The van der Waals surface area contributed by atoms with Crippen LogP contribution in [0.5, 0.6) is 0 Å². The van der Waals surface area contributed by atoms with Gasteiger partial charge in [-0.05, 0) is 25.1 Å². The molecule has 0 bridgehead atoms. The Labute approximate surface area is 144 Å². The van der Waals surface area contributed by atoms with Gasteiger partial charge in [0.1, 0.15) is 5.69 Å². The summed E-state index contributed by atoms with van der Waals surface area (Å²) >= 11 is 0. The lowest BCUT2D eigenvalue weighted by molar-refractivity contribution is -0.115. The number of halogens is 2. The van der Waals surface area contributed by atoms with E-state index in [-0.39, 0.29) is 24.3 Å². The number of hydrogen-bond donors (Lipinski definition) is 1. The largest absolute Gasteiger partial charge is 0.478 e. The molecule has 1 aliphatic rings. The highest BCUT2D eigenvalue weighted by Gasteiger charge is 2.45. The number of imidazole rings is 1. The second-order valence-corrected chi connectivity index (χ2v) is 6.62. The molecule has 6 nitrogen and oxygen atoms in total. The first kappa shape index (κ1) is 17.5. The van der Waals surface area contributed by atoms with Crippen LogP contribution in [0.3, 0.4) is 0 Å². The van der Waals surface area contributed by atoms with Gasteiger partial charge in [-0.1, -0.05) is 0 Å². The van der Waals surface area contributed by atoms with E-state index in [0.717, 1.165) is 6.54 Å². The third kappa shape index (κ3) is 4.39. The molecule has 2 aromatic heterocycles. The maximum atomic E-state index is 12.9. The molecule has 1 saturated carbocycles. The van der Waals surface area contributed by atoms with Crippen molar-refractivity contribution in [2.75, 3.05) is 20.1 Å². The van der Waals surface area contributed by atoms with E-state index in [1.54, 1.807) is 12.5 Å². The molecule has 2 aromatic rings. The van der Waals surface area contributed by atoms with E-state index in [1.165, 1.54) is 18.3 Å². The Morgan fingerprint density at radius 3 is 2.84 bits per heavy atom. The smallest absolute Gasteiger partial charge is 0.335 e. The highest BCUT2D eigenvalue weighted by atomic mass is 19.3. The van der Waals surface area contributed by atoms with Gasteiger partial charge in [0.15, 0.2) is 0 Å². The van der Waals surface area contributed by atoms with Crippen molar-refractivity contribution in [1.82, 2.24) is 19.4 Å². The molecule has 0 aromatic carbocycles. The average Bonchev–Trinajstić information content (AvgIpc) is 3.00. The zero-order chi connectivity index (χ0) is 18.0. The Morgan fingerprint density at radius 1 is 1.40 bits per heavy atom. The number of rotatable bonds is 7. The summed E-state index contributed by atoms with van der Waals surface area (Å²) in [5, 5.41) is 9.03. The van der Waals surface area contributed by atoms with E-state index in [1.807, 2.05) is 16.5 Å². The van der Waals surface area contributed by atoms with Gasteiger partial charge in [-0.2, -0.15) is 0 Å². The van der Waals surface area contributed by atoms with Crippen molar-refractivity contribution in [2.24, 2.45) is 5.92 Å². The Kier molecular flexibility index (Phi) is 4.80. The van der Waals surface area contributed by atoms with Crippen LogP contribution in [0.2, 0.25) is 0 Å². The van der Waals surface area contributed by atoms with Crippen molar-refractivity contribution in [3.63, 3.8) is 0 Å². The molecule has 1 N–H and O–H groups in total. The van der Waals surface area contributed by atoms with Crippen molar-refractivity contribution >= 4 is 5.97 Å². The fraction of sp³-hybridized carbons (Fsp3) is 0.471. The van der Waals surface area contributed by atoms with Crippen LogP contribution in [-0.2, 0) is 6.54 Å². The summed E-state index contributed by atoms with van der Waals surface area (Å²) in [6.07, 6.45) is 4.88. The van der Waals surface area contributed by atoms with Gasteiger partial charge in [0.05, 0.1) is 17.6 Å². The SMILES string of the molecule is CN(CCn1cnc(-c2cc(C(=O)O)ccn2)c1)CC1CC(F)(F)C1. The first-order valence-electron chi connectivity index (χ1n) is 8.10. The topological polar surface area (TPSA) is 71.2 Å². The van der Waals surface area contributed by atoms with E-state index in [9.17, 15) is 13.6 Å². The molecule has 3 rings (SSSR count). The standard InChI is InChI=1S/C17H20F2N4O2/c1-22(9-12-7-17(18,19)8-12)4-5-23-10-15(21-11-23)14-6-13(16(24)25)2-3-20-14/h2-3,6,10-12H,4-5,7-9H2,1H3,(H,24,25). The van der Waals surface area contributed by atoms with E-state index in [0.29, 0.717) is 24.5 Å². The normalized spacial score (nSPS) is 16.8. The number of carbonyl (C=O) groups is 1. The van der Waals surface area contributed by atoms with E-state index >= 15 is 0 Å². The number of aromatic carboxylic acids is 1. The molecule has 0 aliphatic heterocycles. The van der Waals surface area contributed by atoms with Crippen molar-refractivity contribution < 1.29 is 18.7 Å². The second kappa shape index (κ2) is 6.87. The monoisotopic (exact) mass is 350 g/mol. The van der Waals surface area contributed by atoms with E-state index < -0.39 is 11.9 Å². The van der Waals surface area contributed by atoms with Crippen LogP contribution in [0.1, 0.15) is 23.2 Å². The first-order chi connectivity index (χ1) is 11.8. The molecular formula is C17H20F2N4O2. The third-order valence-electron chi connectivity index (χ3n) is 4.39. The summed E-state index contributed by atoms with van der Waals surface area (Å²) < 4.78 is 27.6. The van der Waals surface area contributed by atoms with Gasteiger partial charge in [0.25, 0.3) is 0 Å². The lowest BCUT2D eigenvalue weighted by atomic mass is 9.81. The molecule has 8 heteroatoms. The number of aromatic nitrogens is 3. The minimum Gasteiger partial charge on any atom is -0.478 e. The molecule has 0 saturated heterocycles. The van der Waals surface area contributed by atoms with E-state index in [2.05, 4.69) is 9.97 Å². The third-order valence-corrected chi connectivity index (χ3v) is 4.39. The number of carboxylic acid groups (broad SMARTS) is 1. The lowest BCUT2D eigenvalue weighted by Gasteiger charge is -2.37. The number of likely N-dealkylation sites (N-methyl/N-ethyl adjacent to an activating group) is 1. The fourth-order valence-electron chi connectivity index (χ4n) is 3.05.